The molecule has 2 heterocycles. The minimum Gasteiger partial charge on any atom is -0.496 e. The Balaban J connectivity index is 0.00000158. The van der Waals surface area contributed by atoms with Gasteiger partial charge in [0.25, 0.3) is 0 Å². The number of hydrogen-bond acceptors (Lipinski definition) is 7. The van der Waals surface area contributed by atoms with Crippen LogP contribution in [-0.2, 0) is 12.8 Å². The highest BCUT2D eigenvalue weighted by Crippen LogP contribution is 2.34. The summed E-state index contributed by atoms with van der Waals surface area (Å²) >= 11 is 1.35. The molecule has 0 aliphatic rings. The summed E-state index contributed by atoms with van der Waals surface area (Å²) in [7, 11) is 1.48. The summed E-state index contributed by atoms with van der Waals surface area (Å²) in [4.78, 5) is 18.9. The van der Waals surface area contributed by atoms with E-state index in [9.17, 15) is 18.0 Å². The molecular weight excluding hydrogens is 471 g/mol. The van der Waals surface area contributed by atoms with Crippen LogP contribution < -0.4 is 15.2 Å². The van der Waals surface area contributed by atoms with Crippen LogP contribution in [0.2, 0.25) is 0 Å². The Morgan fingerprint density at radius 1 is 1.12 bits per heavy atom. The summed E-state index contributed by atoms with van der Waals surface area (Å²) in [6.07, 6.45) is -4.38. The maximum atomic E-state index is 12.8. The second-order valence-electron chi connectivity index (χ2n) is 6.70. The Hall–Kier alpha value is -3.60. The normalized spacial score (nSPS) is 11.0. The van der Waals surface area contributed by atoms with Crippen LogP contribution in [0, 0.1) is 6.92 Å². The van der Waals surface area contributed by atoms with Gasteiger partial charge in [0.15, 0.2) is 5.82 Å². The van der Waals surface area contributed by atoms with Crippen molar-refractivity contribution in [1.82, 2.24) is 15.1 Å². The number of nitrogens with one attached hydrogen (secondary N) is 1. The monoisotopic (exact) mass is 493 g/mol. The van der Waals surface area contributed by atoms with E-state index in [0.717, 1.165) is 22.7 Å². The molecular formula is C23H22F3N3O4S. The molecule has 0 atom stereocenters. The van der Waals surface area contributed by atoms with Crippen molar-refractivity contribution in [2.75, 3.05) is 7.11 Å². The maximum Gasteiger partial charge on any atom is 0.439 e. The van der Waals surface area contributed by atoms with Gasteiger partial charge in [0, 0.05) is 11.6 Å². The van der Waals surface area contributed by atoms with Gasteiger partial charge in [-0.15, -0.1) is 11.3 Å². The van der Waals surface area contributed by atoms with Crippen molar-refractivity contribution in [3.63, 3.8) is 0 Å². The molecule has 0 saturated carbocycles. The number of H-pyrrole nitrogens is 1. The van der Waals surface area contributed by atoms with Gasteiger partial charge >= 0.3 is 11.9 Å². The fraction of sp³-hybridized carbons (Fsp3) is 0.261. The summed E-state index contributed by atoms with van der Waals surface area (Å²) in [6, 6.07) is 9.91. The standard InChI is InChI=1S/C21H16F3N3O4S.C2H6/c1-11-17(32-19(25-11)12-3-5-13(6-4-12)21(22,23)24)10-30-14-7-8-15(16(9-14)29-2)18-26-20(28)31-27-18;1-2/h3-9H,10H2,1-2H3,(H,26,27,28);1-2H3. The molecule has 4 aromatic rings. The van der Waals surface area contributed by atoms with Gasteiger partial charge in [0.2, 0.25) is 0 Å². The average molecular weight is 494 g/mol. The van der Waals surface area contributed by atoms with Gasteiger partial charge in [-0.05, 0) is 31.2 Å². The lowest BCUT2D eigenvalue weighted by atomic mass is 10.1. The number of aromatic amines is 1. The van der Waals surface area contributed by atoms with Gasteiger partial charge in [-0.3, -0.25) is 9.51 Å². The van der Waals surface area contributed by atoms with Crippen molar-refractivity contribution >= 4 is 11.3 Å². The lowest BCUT2D eigenvalue weighted by molar-refractivity contribution is -0.137. The molecule has 11 heteroatoms. The number of alkyl halides is 3. The highest BCUT2D eigenvalue weighted by atomic mass is 32.1. The second-order valence-corrected chi connectivity index (χ2v) is 7.78. The van der Waals surface area contributed by atoms with E-state index in [4.69, 9.17) is 9.47 Å². The molecule has 0 bridgehead atoms. The first kappa shape index (κ1) is 25.0. The third-order valence-corrected chi connectivity index (χ3v) is 5.77. The molecule has 0 unspecified atom stereocenters. The summed E-state index contributed by atoms with van der Waals surface area (Å²) in [5.41, 5.74) is 1.16. The Bertz CT molecular complexity index is 1290. The summed E-state index contributed by atoms with van der Waals surface area (Å²) in [5, 5.41) is 4.26. The van der Waals surface area contributed by atoms with E-state index in [1.807, 2.05) is 20.8 Å². The number of aromatic nitrogens is 3. The first-order chi connectivity index (χ1) is 16.2. The predicted molar refractivity (Wildman–Crippen MR) is 122 cm³/mol. The Morgan fingerprint density at radius 3 is 2.41 bits per heavy atom. The number of methoxy groups -OCH3 is 1. The van der Waals surface area contributed by atoms with Crippen molar-refractivity contribution in [2.45, 2.75) is 33.6 Å². The minimum atomic E-state index is -4.38. The maximum absolute atomic E-state index is 12.8. The number of rotatable bonds is 6. The van der Waals surface area contributed by atoms with Gasteiger partial charge in [-0.2, -0.15) is 13.2 Å². The van der Waals surface area contributed by atoms with Gasteiger partial charge in [0.1, 0.15) is 23.1 Å². The molecule has 0 aliphatic heterocycles. The van der Waals surface area contributed by atoms with E-state index in [-0.39, 0.29) is 12.4 Å². The number of hydrogen-bond donors (Lipinski definition) is 1. The fourth-order valence-corrected chi connectivity index (χ4v) is 3.92. The SMILES string of the molecule is CC.COc1cc(OCc2sc(-c3ccc(C(F)(F)F)cc3)nc2C)ccc1-c1noc(=O)[nH]1. The number of halogens is 3. The first-order valence-electron chi connectivity index (χ1n) is 10.3. The molecule has 0 spiro atoms. The van der Waals surface area contributed by atoms with Crippen LogP contribution in [0.4, 0.5) is 13.2 Å². The van der Waals surface area contributed by atoms with E-state index in [0.29, 0.717) is 27.6 Å². The zero-order chi connectivity index (χ0) is 24.9. The molecule has 0 aliphatic carbocycles. The zero-order valence-electron chi connectivity index (χ0n) is 18.8. The van der Waals surface area contributed by atoms with Crippen LogP contribution in [0.1, 0.15) is 30.0 Å². The summed E-state index contributed by atoms with van der Waals surface area (Å²) in [6.45, 7) is 6.03. The van der Waals surface area contributed by atoms with Crippen molar-refractivity contribution in [1.29, 1.82) is 0 Å². The molecule has 1 N–H and O–H groups in total. The zero-order valence-corrected chi connectivity index (χ0v) is 19.6. The topological polar surface area (TPSA) is 90.2 Å². The lowest BCUT2D eigenvalue weighted by Crippen LogP contribution is -2.03. The third-order valence-electron chi connectivity index (χ3n) is 4.59. The molecule has 0 radical (unpaired) electrons. The number of aryl methyl sites for hydroxylation is 1. The van der Waals surface area contributed by atoms with E-state index >= 15 is 0 Å². The van der Waals surface area contributed by atoms with Crippen LogP contribution in [0.25, 0.3) is 22.0 Å². The Labute approximate surface area is 197 Å². The molecule has 7 nitrogen and oxygen atoms in total. The van der Waals surface area contributed by atoms with Crippen LogP contribution in [0.5, 0.6) is 11.5 Å². The molecule has 34 heavy (non-hydrogen) atoms. The number of benzene rings is 2. The van der Waals surface area contributed by atoms with Gasteiger partial charge < -0.3 is 9.47 Å². The number of thiazole rings is 1. The van der Waals surface area contributed by atoms with Crippen LogP contribution >= 0.6 is 11.3 Å². The van der Waals surface area contributed by atoms with E-state index in [1.54, 1.807) is 18.2 Å². The lowest BCUT2D eigenvalue weighted by Gasteiger charge is -2.10. The van der Waals surface area contributed by atoms with Crippen molar-refractivity contribution in [2.24, 2.45) is 0 Å². The van der Waals surface area contributed by atoms with Crippen LogP contribution in [0.3, 0.4) is 0 Å². The second kappa shape index (κ2) is 10.6. The molecule has 0 amide bonds. The third kappa shape index (κ3) is 5.66. The van der Waals surface area contributed by atoms with Crippen molar-refractivity contribution in [3.05, 3.63) is 69.1 Å². The van der Waals surface area contributed by atoms with Gasteiger partial charge in [-0.25, -0.2) is 9.78 Å². The summed E-state index contributed by atoms with van der Waals surface area (Å²) < 4.78 is 54.0. The Kier molecular flexibility index (Phi) is 7.77. The van der Waals surface area contributed by atoms with Crippen LogP contribution in [0.15, 0.2) is 51.8 Å². The molecule has 0 fully saturated rings. The highest BCUT2D eigenvalue weighted by Gasteiger charge is 2.30. The van der Waals surface area contributed by atoms with Crippen molar-refractivity contribution in [3.8, 4) is 33.5 Å². The van der Waals surface area contributed by atoms with E-state index < -0.39 is 17.5 Å². The fourth-order valence-electron chi connectivity index (χ4n) is 2.94. The predicted octanol–water partition coefficient (Wildman–Crippen LogP) is 6.09. The first-order valence-corrected chi connectivity index (χ1v) is 11.1. The molecule has 2 aromatic carbocycles. The van der Waals surface area contributed by atoms with Gasteiger partial charge in [-0.1, -0.05) is 31.1 Å². The van der Waals surface area contributed by atoms with Crippen molar-refractivity contribution < 1.29 is 27.2 Å². The smallest absolute Gasteiger partial charge is 0.439 e. The Morgan fingerprint density at radius 2 is 1.82 bits per heavy atom. The quantitative estimate of drug-likeness (QED) is 0.349. The number of ether oxygens (including phenoxy) is 2. The molecule has 2 aromatic heterocycles. The molecule has 4 rings (SSSR count). The summed E-state index contributed by atoms with van der Waals surface area (Å²) in [5.74, 6) is 0.503. The minimum absolute atomic E-state index is 0.216. The van der Waals surface area contributed by atoms with E-state index in [2.05, 4.69) is 19.6 Å². The average Bonchev–Trinajstić information content (AvgIpc) is 3.43. The van der Waals surface area contributed by atoms with Crippen LogP contribution in [-0.4, -0.2) is 22.2 Å². The van der Waals surface area contributed by atoms with Gasteiger partial charge in [0.05, 0.1) is 28.8 Å². The van der Waals surface area contributed by atoms with E-state index in [1.165, 1.54) is 30.6 Å². The number of nitrogens with zero attached hydrogens (tertiary/aromatic N) is 2. The molecule has 180 valence electrons. The largest absolute Gasteiger partial charge is 0.496 e. The highest BCUT2D eigenvalue weighted by molar-refractivity contribution is 7.15. The molecule has 0 saturated heterocycles.